The summed E-state index contributed by atoms with van der Waals surface area (Å²) in [5, 5.41) is 3.97. The molecule has 0 unspecified atom stereocenters. The predicted octanol–water partition coefficient (Wildman–Crippen LogP) is 7.83. The normalized spacial score (nSPS) is 12.4. The molecule has 30 heavy (non-hydrogen) atoms. The van der Waals surface area contributed by atoms with Gasteiger partial charge in [0.1, 0.15) is 0 Å². The van der Waals surface area contributed by atoms with Gasteiger partial charge < -0.3 is 0 Å². The molecule has 2 nitrogen and oxygen atoms in total. The molecule has 0 atom stereocenters. The fraction of sp³-hybridized carbons (Fsp3) is 0.211. The number of aryl methyl sites for hydroxylation is 1. The van der Waals surface area contributed by atoms with E-state index in [2.05, 4.69) is 5.10 Å². The standard InChI is InChI=1S/C19H12Cl2F6N2S/c1-10-2-3-11(6-16(10)30-9-18(22,23)24)15-8-17(19(25,26)27)28-29(15)12-4-5-13(20)14(21)7-12/h2-8H,9H2,1H3. The number of benzene rings is 2. The lowest BCUT2D eigenvalue weighted by Crippen LogP contribution is -2.10. The molecule has 0 amide bonds. The van der Waals surface area contributed by atoms with Crippen molar-refractivity contribution in [3.8, 4) is 16.9 Å². The van der Waals surface area contributed by atoms with Gasteiger partial charge >= 0.3 is 12.4 Å². The van der Waals surface area contributed by atoms with E-state index in [9.17, 15) is 26.3 Å². The second-order valence-corrected chi connectivity index (χ2v) is 8.14. The van der Waals surface area contributed by atoms with Gasteiger partial charge in [0.25, 0.3) is 0 Å². The highest BCUT2D eigenvalue weighted by Gasteiger charge is 2.35. The molecule has 0 radical (unpaired) electrons. The average Bonchev–Trinajstić information content (AvgIpc) is 3.08. The van der Waals surface area contributed by atoms with Gasteiger partial charge in [-0.2, -0.15) is 31.4 Å². The third kappa shape index (κ3) is 5.25. The SMILES string of the molecule is Cc1ccc(-c2cc(C(F)(F)F)nn2-c2ccc(Cl)c(Cl)c2)cc1SCC(F)(F)F. The van der Waals surface area contributed by atoms with Crippen LogP contribution < -0.4 is 0 Å². The van der Waals surface area contributed by atoms with Crippen LogP contribution in [-0.2, 0) is 6.18 Å². The summed E-state index contributed by atoms with van der Waals surface area (Å²) in [5.41, 5.74) is -0.0211. The second kappa shape index (κ2) is 8.36. The van der Waals surface area contributed by atoms with Crippen LogP contribution in [0.4, 0.5) is 26.3 Å². The molecule has 0 spiro atoms. The number of aromatic nitrogens is 2. The van der Waals surface area contributed by atoms with E-state index in [-0.39, 0.29) is 27.0 Å². The topological polar surface area (TPSA) is 17.8 Å². The number of alkyl halides is 6. The van der Waals surface area contributed by atoms with Crippen LogP contribution in [0.15, 0.2) is 47.4 Å². The summed E-state index contributed by atoms with van der Waals surface area (Å²) in [6, 6.07) is 9.54. The van der Waals surface area contributed by atoms with Crippen LogP contribution in [0.5, 0.6) is 0 Å². The quantitative estimate of drug-likeness (QED) is 0.277. The Balaban J connectivity index is 2.13. The van der Waals surface area contributed by atoms with Crippen LogP contribution in [0.1, 0.15) is 11.3 Å². The lowest BCUT2D eigenvalue weighted by atomic mass is 10.1. The van der Waals surface area contributed by atoms with E-state index in [0.717, 1.165) is 10.7 Å². The number of rotatable bonds is 4. The summed E-state index contributed by atoms with van der Waals surface area (Å²) in [4.78, 5) is 0.306. The van der Waals surface area contributed by atoms with Crippen molar-refractivity contribution < 1.29 is 26.3 Å². The molecule has 0 bridgehead atoms. The van der Waals surface area contributed by atoms with Gasteiger partial charge in [0, 0.05) is 10.5 Å². The zero-order chi connectivity index (χ0) is 22.3. The van der Waals surface area contributed by atoms with Gasteiger partial charge in [0.05, 0.1) is 27.2 Å². The van der Waals surface area contributed by atoms with Crippen molar-refractivity contribution in [1.82, 2.24) is 9.78 Å². The highest BCUT2D eigenvalue weighted by molar-refractivity contribution is 7.99. The molecule has 0 N–H and O–H groups in total. The van der Waals surface area contributed by atoms with E-state index in [0.29, 0.717) is 22.2 Å². The number of halogens is 8. The Labute approximate surface area is 181 Å². The molecule has 11 heteroatoms. The van der Waals surface area contributed by atoms with Gasteiger partial charge in [-0.3, -0.25) is 0 Å². The summed E-state index contributed by atoms with van der Waals surface area (Å²) in [6.07, 6.45) is -9.09. The van der Waals surface area contributed by atoms with Crippen molar-refractivity contribution >= 4 is 35.0 Å². The Hall–Kier alpha value is -1.84. The molecular weight excluding hydrogens is 473 g/mol. The molecule has 1 heterocycles. The number of hydrogen-bond donors (Lipinski definition) is 0. The van der Waals surface area contributed by atoms with Crippen molar-refractivity contribution in [2.45, 2.75) is 24.2 Å². The largest absolute Gasteiger partial charge is 0.435 e. The third-order valence-electron chi connectivity index (χ3n) is 4.02. The number of thioether (sulfide) groups is 1. The van der Waals surface area contributed by atoms with Gasteiger partial charge in [-0.25, -0.2) is 4.68 Å². The minimum Gasteiger partial charge on any atom is -0.232 e. The van der Waals surface area contributed by atoms with E-state index >= 15 is 0 Å². The Morgan fingerprint density at radius 2 is 1.63 bits per heavy atom. The highest BCUT2D eigenvalue weighted by Crippen LogP contribution is 2.37. The van der Waals surface area contributed by atoms with Crippen molar-refractivity contribution in [2.75, 3.05) is 5.75 Å². The van der Waals surface area contributed by atoms with Crippen LogP contribution >= 0.6 is 35.0 Å². The Bertz CT molecular complexity index is 1080. The number of nitrogens with zero attached hydrogens (tertiary/aromatic N) is 2. The maximum absolute atomic E-state index is 13.3. The summed E-state index contributed by atoms with van der Waals surface area (Å²) in [6.45, 7) is 1.62. The predicted molar refractivity (Wildman–Crippen MR) is 106 cm³/mol. The van der Waals surface area contributed by atoms with Gasteiger partial charge in [-0.15, -0.1) is 11.8 Å². The minimum absolute atomic E-state index is 0.0505. The first-order chi connectivity index (χ1) is 13.8. The third-order valence-corrected chi connectivity index (χ3v) is 5.98. The summed E-state index contributed by atoms with van der Waals surface area (Å²) in [7, 11) is 0. The first kappa shape index (κ1) is 22.8. The van der Waals surface area contributed by atoms with Gasteiger partial charge in [0.15, 0.2) is 5.69 Å². The van der Waals surface area contributed by atoms with E-state index in [1.165, 1.54) is 30.3 Å². The molecule has 0 aliphatic heterocycles. The number of hydrogen-bond acceptors (Lipinski definition) is 2. The molecule has 3 aromatic rings. The molecular formula is C19H12Cl2F6N2S. The summed E-state index contributed by atoms with van der Waals surface area (Å²) < 4.78 is 78.7. The maximum Gasteiger partial charge on any atom is 0.435 e. The van der Waals surface area contributed by atoms with Crippen molar-refractivity contribution in [3.05, 3.63) is 63.8 Å². The van der Waals surface area contributed by atoms with Gasteiger partial charge in [0.2, 0.25) is 0 Å². The van der Waals surface area contributed by atoms with Crippen LogP contribution in [0.25, 0.3) is 16.9 Å². The first-order valence-corrected chi connectivity index (χ1v) is 10.0. The second-order valence-electron chi connectivity index (χ2n) is 6.31. The lowest BCUT2D eigenvalue weighted by molar-refractivity contribution is -0.141. The van der Waals surface area contributed by atoms with E-state index in [4.69, 9.17) is 23.2 Å². The molecule has 2 aromatic carbocycles. The van der Waals surface area contributed by atoms with E-state index < -0.39 is 23.8 Å². The van der Waals surface area contributed by atoms with Gasteiger partial charge in [-0.05, 0) is 42.8 Å². The summed E-state index contributed by atoms with van der Waals surface area (Å²) in [5.74, 6) is -1.11. The molecule has 3 rings (SSSR count). The Kier molecular flexibility index (Phi) is 6.36. The zero-order valence-electron chi connectivity index (χ0n) is 15.1. The van der Waals surface area contributed by atoms with E-state index in [1.807, 2.05) is 0 Å². The maximum atomic E-state index is 13.3. The molecule has 0 fully saturated rings. The highest BCUT2D eigenvalue weighted by atomic mass is 35.5. The molecule has 0 aliphatic rings. The molecule has 160 valence electrons. The van der Waals surface area contributed by atoms with Crippen LogP contribution in [-0.4, -0.2) is 21.7 Å². The summed E-state index contributed by atoms with van der Waals surface area (Å²) >= 11 is 12.4. The van der Waals surface area contributed by atoms with Crippen molar-refractivity contribution in [2.24, 2.45) is 0 Å². The smallest absolute Gasteiger partial charge is 0.232 e. The van der Waals surface area contributed by atoms with Crippen LogP contribution in [0, 0.1) is 6.92 Å². The Morgan fingerprint density at radius 3 is 2.23 bits per heavy atom. The lowest BCUT2D eigenvalue weighted by Gasteiger charge is -2.12. The van der Waals surface area contributed by atoms with Crippen molar-refractivity contribution in [1.29, 1.82) is 0 Å². The fourth-order valence-electron chi connectivity index (χ4n) is 2.61. The van der Waals surface area contributed by atoms with Crippen molar-refractivity contribution in [3.63, 3.8) is 0 Å². The van der Waals surface area contributed by atoms with Crippen LogP contribution in [0.2, 0.25) is 10.0 Å². The first-order valence-electron chi connectivity index (χ1n) is 8.28. The molecule has 0 saturated carbocycles. The zero-order valence-corrected chi connectivity index (χ0v) is 17.4. The Morgan fingerprint density at radius 1 is 0.933 bits per heavy atom. The molecule has 0 aliphatic carbocycles. The van der Waals surface area contributed by atoms with E-state index in [1.54, 1.807) is 13.0 Å². The molecule has 1 aromatic heterocycles. The van der Waals surface area contributed by atoms with Crippen LogP contribution in [0.3, 0.4) is 0 Å². The monoisotopic (exact) mass is 484 g/mol. The average molecular weight is 485 g/mol. The molecule has 0 saturated heterocycles. The fourth-order valence-corrected chi connectivity index (χ4v) is 3.73. The minimum atomic E-state index is -4.71. The van der Waals surface area contributed by atoms with Gasteiger partial charge in [-0.1, -0.05) is 35.3 Å².